The molecule has 0 aromatic carbocycles. The number of carbonyl (C=O) groups excluding carboxylic acids is 1. The normalized spacial score (nSPS) is 18.4. The summed E-state index contributed by atoms with van der Waals surface area (Å²) in [5, 5.41) is 0. The van der Waals surface area contributed by atoms with Crippen molar-refractivity contribution in [3.05, 3.63) is 0 Å². The van der Waals surface area contributed by atoms with Gasteiger partial charge in [0.25, 0.3) is 0 Å². The summed E-state index contributed by atoms with van der Waals surface area (Å²) in [4.78, 5) is 11.2. The number of ether oxygens (including phenoxy) is 1. The molecule has 0 saturated carbocycles. The van der Waals surface area contributed by atoms with E-state index in [0.29, 0.717) is 25.6 Å². The Kier molecular flexibility index (Phi) is 6.74. The summed E-state index contributed by atoms with van der Waals surface area (Å²) in [6.45, 7) is 3.71. The Labute approximate surface area is 115 Å². The van der Waals surface area contributed by atoms with E-state index < -0.39 is 16.0 Å². The number of carbonyl (C=O) groups is 1. The molecule has 19 heavy (non-hydrogen) atoms. The van der Waals surface area contributed by atoms with E-state index in [0.717, 1.165) is 19.3 Å². The fraction of sp³-hybridized carbons (Fsp3) is 0.917. The summed E-state index contributed by atoms with van der Waals surface area (Å²) in [5.41, 5.74) is 5.51. The average molecular weight is 292 g/mol. The molecule has 0 radical (unpaired) electrons. The molecule has 6 nitrogen and oxygen atoms in total. The van der Waals surface area contributed by atoms with Gasteiger partial charge in [0.2, 0.25) is 10.0 Å². The predicted octanol–water partition coefficient (Wildman–Crippen LogP) is 0.330. The van der Waals surface area contributed by atoms with Gasteiger partial charge in [-0.05, 0) is 38.6 Å². The third-order valence-corrected chi connectivity index (χ3v) is 5.28. The van der Waals surface area contributed by atoms with E-state index in [2.05, 4.69) is 0 Å². The third-order valence-electron chi connectivity index (χ3n) is 3.41. The van der Waals surface area contributed by atoms with Gasteiger partial charge in [0.05, 0.1) is 18.8 Å². The van der Waals surface area contributed by atoms with Crippen LogP contribution in [0, 0.1) is 5.92 Å². The van der Waals surface area contributed by atoms with E-state index >= 15 is 0 Å². The van der Waals surface area contributed by atoms with Gasteiger partial charge in [-0.15, -0.1) is 0 Å². The van der Waals surface area contributed by atoms with Crippen LogP contribution >= 0.6 is 0 Å². The minimum absolute atomic E-state index is 0.0705. The molecule has 1 saturated heterocycles. The largest absolute Gasteiger partial charge is 0.466 e. The predicted molar refractivity (Wildman–Crippen MR) is 73.0 cm³/mol. The van der Waals surface area contributed by atoms with Crippen LogP contribution in [0.3, 0.4) is 0 Å². The van der Waals surface area contributed by atoms with E-state index in [9.17, 15) is 13.2 Å². The minimum Gasteiger partial charge on any atom is -0.466 e. The van der Waals surface area contributed by atoms with E-state index in [1.807, 2.05) is 0 Å². The molecule has 0 bridgehead atoms. The van der Waals surface area contributed by atoms with Crippen LogP contribution in [-0.4, -0.2) is 50.7 Å². The Bertz CT molecular complexity index is 375. The SMILES string of the molecule is CCOC(=O)CCS(=O)(=O)N1CCC(CCN)CC1. The zero-order chi connectivity index (χ0) is 14.3. The zero-order valence-corrected chi connectivity index (χ0v) is 12.3. The summed E-state index contributed by atoms with van der Waals surface area (Å²) in [6.07, 6.45) is 2.60. The highest BCUT2D eigenvalue weighted by Crippen LogP contribution is 2.22. The maximum atomic E-state index is 12.1. The van der Waals surface area contributed by atoms with E-state index in [-0.39, 0.29) is 18.8 Å². The van der Waals surface area contributed by atoms with E-state index in [1.165, 1.54) is 4.31 Å². The second-order valence-corrected chi connectivity index (χ2v) is 6.88. The number of nitrogens with two attached hydrogens (primary N) is 1. The molecule has 0 aliphatic carbocycles. The molecule has 0 spiro atoms. The summed E-state index contributed by atoms with van der Waals surface area (Å²) in [6, 6.07) is 0. The molecular weight excluding hydrogens is 268 g/mol. The summed E-state index contributed by atoms with van der Waals surface area (Å²) in [5.74, 6) is -0.0847. The lowest BCUT2D eigenvalue weighted by Gasteiger charge is -2.30. The molecule has 2 N–H and O–H groups in total. The average Bonchev–Trinajstić information content (AvgIpc) is 2.38. The quantitative estimate of drug-likeness (QED) is 0.683. The third kappa shape index (κ3) is 5.46. The van der Waals surface area contributed by atoms with Crippen molar-refractivity contribution < 1.29 is 17.9 Å². The van der Waals surface area contributed by atoms with Crippen LogP contribution in [0.15, 0.2) is 0 Å². The maximum Gasteiger partial charge on any atom is 0.306 e. The first-order chi connectivity index (χ1) is 8.99. The fourth-order valence-corrected chi connectivity index (χ4v) is 3.74. The van der Waals surface area contributed by atoms with Crippen molar-refractivity contribution in [2.24, 2.45) is 11.7 Å². The van der Waals surface area contributed by atoms with Gasteiger partial charge in [-0.25, -0.2) is 12.7 Å². The zero-order valence-electron chi connectivity index (χ0n) is 11.5. The summed E-state index contributed by atoms with van der Waals surface area (Å²) >= 11 is 0. The molecule has 1 fully saturated rings. The van der Waals surface area contributed by atoms with Crippen molar-refractivity contribution in [2.45, 2.75) is 32.6 Å². The van der Waals surface area contributed by atoms with Gasteiger partial charge < -0.3 is 10.5 Å². The van der Waals surface area contributed by atoms with Gasteiger partial charge >= 0.3 is 5.97 Å². The summed E-state index contributed by atoms with van der Waals surface area (Å²) < 4.78 is 30.3. The van der Waals surface area contributed by atoms with Crippen molar-refractivity contribution in [1.29, 1.82) is 0 Å². The monoisotopic (exact) mass is 292 g/mol. The molecule has 1 heterocycles. The molecule has 1 aliphatic heterocycles. The van der Waals surface area contributed by atoms with Gasteiger partial charge in [0.15, 0.2) is 0 Å². The first-order valence-electron chi connectivity index (χ1n) is 6.83. The van der Waals surface area contributed by atoms with Gasteiger partial charge in [-0.1, -0.05) is 0 Å². The highest BCUT2D eigenvalue weighted by Gasteiger charge is 2.28. The summed E-state index contributed by atoms with van der Waals surface area (Å²) in [7, 11) is -3.33. The number of hydrogen-bond donors (Lipinski definition) is 1. The van der Waals surface area contributed by atoms with Crippen LogP contribution in [0.5, 0.6) is 0 Å². The van der Waals surface area contributed by atoms with Gasteiger partial charge in [-0.3, -0.25) is 4.79 Å². The van der Waals surface area contributed by atoms with Gasteiger partial charge in [0.1, 0.15) is 0 Å². The minimum atomic E-state index is -3.33. The van der Waals surface area contributed by atoms with Crippen molar-refractivity contribution in [2.75, 3.05) is 32.0 Å². The topological polar surface area (TPSA) is 89.7 Å². The second kappa shape index (κ2) is 7.81. The molecule has 112 valence electrons. The Balaban J connectivity index is 2.40. The second-order valence-electron chi connectivity index (χ2n) is 4.79. The van der Waals surface area contributed by atoms with Crippen molar-refractivity contribution >= 4 is 16.0 Å². The first kappa shape index (κ1) is 16.4. The van der Waals surface area contributed by atoms with E-state index in [4.69, 9.17) is 10.5 Å². The molecule has 0 aromatic heterocycles. The lowest BCUT2D eigenvalue weighted by Crippen LogP contribution is -2.40. The maximum absolute atomic E-state index is 12.1. The number of nitrogens with zero attached hydrogens (tertiary/aromatic N) is 1. The highest BCUT2D eigenvalue weighted by molar-refractivity contribution is 7.89. The number of esters is 1. The lowest BCUT2D eigenvalue weighted by molar-refractivity contribution is -0.142. The van der Waals surface area contributed by atoms with E-state index in [1.54, 1.807) is 6.92 Å². The smallest absolute Gasteiger partial charge is 0.306 e. The number of rotatable bonds is 7. The Morgan fingerprint density at radius 2 is 2.00 bits per heavy atom. The molecule has 1 rings (SSSR count). The van der Waals surface area contributed by atoms with Gasteiger partial charge in [-0.2, -0.15) is 0 Å². The standard InChI is InChI=1S/C12H24N2O4S/c1-2-18-12(15)6-10-19(16,17)14-8-4-11(3-7-13)5-9-14/h11H,2-10,13H2,1H3. The van der Waals surface area contributed by atoms with Crippen molar-refractivity contribution in [1.82, 2.24) is 4.31 Å². The molecule has 0 aromatic rings. The van der Waals surface area contributed by atoms with Crippen LogP contribution in [-0.2, 0) is 19.6 Å². The fourth-order valence-electron chi connectivity index (χ4n) is 2.29. The van der Waals surface area contributed by atoms with Crippen LogP contribution in [0.25, 0.3) is 0 Å². The van der Waals surface area contributed by atoms with Gasteiger partial charge in [0, 0.05) is 13.1 Å². The molecule has 0 amide bonds. The Morgan fingerprint density at radius 1 is 1.37 bits per heavy atom. The first-order valence-corrected chi connectivity index (χ1v) is 8.44. The number of hydrogen-bond acceptors (Lipinski definition) is 5. The molecule has 0 unspecified atom stereocenters. The van der Waals surface area contributed by atoms with Crippen LogP contribution in [0.1, 0.15) is 32.6 Å². The molecule has 1 aliphatic rings. The Morgan fingerprint density at radius 3 is 2.53 bits per heavy atom. The van der Waals surface area contributed by atoms with Crippen LogP contribution < -0.4 is 5.73 Å². The van der Waals surface area contributed by atoms with Crippen LogP contribution in [0.2, 0.25) is 0 Å². The Hall–Kier alpha value is -0.660. The van der Waals surface area contributed by atoms with Crippen molar-refractivity contribution in [3.63, 3.8) is 0 Å². The highest BCUT2D eigenvalue weighted by atomic mass is 32.2. The number of piperidine rings is 1. The van der Waals surface area contributed by atoms with Crippen molar-refractivity contribution in [3.8, 4) is 0 Å². The number of sulfonamides is 1. The lowest BCUT2D eigenvalue weighted by atomic mass is 9.95. The molecule has 0 atom stereocenters. The molecule has 7 heteroatoms. The van der Waals surface area contributed by atoms with Crippen LogP contribution in [0.4, 0.5) is 0 Å². The molecular formula is C12H24N2O4S.